The van der Waals surface area contributed by atoms with Crippen molar-refractivity contribution in [2.45, 2.75) is 0 Å². The molecular formula is C7H5N3O5. The van der Waals surface area contributed by atoms with Crippen molar-refractivity contribution >= 4 is 23.7 Å². The van der Waals surface area contributed by atoms with Crippen LogP contribution in [0.4, 0.5) is 5.82 Å². The van der Waals surface area contributed by atoms with E-state index in [0.29, 0.717) is 0 Å². The number of nitrogens with zero attached hydrogens (tertiary/aromatic N) is 2. The van der Waals surface area contributed by atoms with Crippen molar-refractivity contribution in [3.63, 3.8) is 0 Å². The van der Waals surface area contributed by atoms with Crippen LogP contribution in [0.2, 0.25) is 0 Å². The molecule has 0 saturated heterocycles. The third-order valence-electron chi connectivity index (χ3n) is 1.37. The maximum Gasteiger partial charge on any atom is 0.394 e. The van der Waals surface area contributed by atoms with Crippen molar-refractivity contribution in [1.82, 2.24) is 9.97 Å². The average Bonchev–Trinajstić information content (AvgIpc) is 2.18. The lowest BCUT2D eigenvalue weighted by molar-refractivity contribution is -0.147. The van der Waals surface area contributed by atoms with Crippen molar-refractivity contribution < 1.29 is 24.6 Å². The number of aromatic carboxylic acids is 1. The second-order valence-electron chi connectivity index (χ2n) is 2.35. The molecule has 0 aliphatic carbocycles. The number of carbonyl (C=O) groups excluding carboxylic acids is 1. The van der Waals surface area contributed by atoms with Crippen molar-refractivity contribution in [1.29, 1.82) is 0 Å². The first-order chi connectivity index (χ1) is 7.02. The van der Waals surface area contributed by atoms with Gasteiger partial charge in [-0.2, -0.15) is 0 Å². The van der Waals surface area contributed by atoms with Gasteiger partial charge in [0.1, 0.15) is 11.9 Å². The van der Waals surface area contributed by atoms with Crippen LogP contribution in [0.1, 0.15) is 10.4 Å². The van der Waals surface area contributed by atoms with Crippen LogP contribution in [0.25, 0.3) is 0 Å². The minimum absolute atomic E-state index is 0.357. The zero-order valence-electron chi connectivity index (χ0n) is 7.17. The Kier molecular flexibility index (Phi) is 2.91. The first-order valence-electron chi connectivity index (χ1n) is 3.60. The summed E-state index contributed by atoms with van der Waals surface area (Å²) in [7, 11) is 0. The largest absolute Gasteiger partial charge is 0.477 e. The third kappa shape index (κ3) is 2.46. The summed E-state index contributed by atoms with van der Waals surface area (Å²) in [4.78, 5) is 38.4. The smallest absolute Gasteiger partial charge is 0.394 e. The van der Waals surface area contributed by atoms with Gasteiger partial charge in [0, 0.05) is 6.20 Å². The molecule has 8 nitrogen and oxygen atoms in total. The quantitative estimate of drug-likeness (QED) is 0.545. The van der Waals surface area contributed by atoms with Gasteiger partial charge in [-0.15, -0.1) is 0 Å². The predicted octanol–water partition coefficient (Wildman–Crippen LogP) is -0.802. The summed E-state index contributed by atoms with van der Waals surface area (Å²) in [6.45, 7) is 0. The molecule has 15 heavy (non-hydrogen) atoms. The molecule has 78 valence electrons. The van der Waals surface area contributed by atoms with Crippen molar-refractivity contribution in [2.75, 3.05) is 5.32 Å². The van der Waals surface area contributed by atoms with Gasteiger partial charge in [0.05, 0.1) is 0 Å². The van der Waals surface area contributed by atoms with Crippen molar-refractivity contribution in [2.24, 2.45) is 0 Å². The van der Waals surface area contributed by atoms with E-state index in [9.17, 15) is 14.4 Å². The second kappa shape index (κ2) is 4.13. The maximum atomic E-state index is 10.7. The molecule has 0 fully saturated rings. The fourth-order valence-electron chi connectivity index (χ4n) is 0.747. The molecule has 0 aromatic carbocycles. The molecule has 1 aromatic heterocycles. The van der Waals surface area contributed by atoms with Crippen LogP contribution in [0.5, 0.6) is 0 Å². The molecule has 0 unspecified atom stereocenters. The van der Waals surface area contributed by atoms with Gasteiger partial charge in [-0.1, -0.05) is 0 Å². The first-order valence-corrected chi connectivity index (χ1v) is 3.60. The van der Waals surface area contributed by atoms with E-state index < -0.39 is 17.8 Å². The molecular weight excluding hydrogens is 206 g/mol. The number of hydrogen-bond acceptors (Lipinski definition) is 5. The van der Waals surface area contributed by atoms with E-state index in [1.54, 1.807) is 0 Å². The third-order valence-corrected chi connectivity index (χ3v) is 1.37. The lowest BCUT2D eigenvalue weighted by Gasteiger charge is -2.03. The SMILES string of the molecule is O=C(O)C(=O)Nc1ncncc1C(=O)O. The maximum absolute atomic E-state index is 10.7. The monoisotopic (exact) mass is 211 g/mol. The molecule has 0 radical (unpaired) electrons. The average molecular weight is 211 g/mol. The molecule has 1 amide bonds. The molecule has 0 spiro atoms. The van der Waals surface area contributed by atoms with E-state index in [1.165, 1.54) is 0 Å². The number of aliphatic carboxylic acids is 1. The van der Waals surface area contributed by atoms with Crippen LogP contribution < -0.4 is 5.32 Å². The van der Waals surface area contributed by atoms with Gasteiger partial charge in [-0.25, -0.2) is 19.6 Å². The van der Waals surface area contributed by atoms with Gasteiger partial charge in [0.2, 0.25) is 0 Å². The summed E-state index contributed by atoms with van der Waals surface area (Å²) >= 11 is 0. The molecule has 3 N–H and O–H groups in total. The van der Waals surface area contributed by atoms with E-state index >= 15 is 0 Å². The zero-order chi connectivity index (χ0) is 11.4. The highest BCUT2D eigenvalue weighted by Gasteiger charge is 2.17. The van der Waals surface area contributed by atoms with E-state index in [4.69, 9.17) is 10.2 Å². The summed E-state index contributed by atoms with van der Waals surface area (Å²) in [6, 6.07) is 0. The summed E-state index contributed by atoms with van der Waals surface area (Å²) in [6.07, 6.45) is 1.94. The van der Waals surface area contributed by atoms with Gasteiger partial charge in [-0.3, -0.25) is 10.1 Å². The molecule has 8 heteroatoms. The topological polar surface area (TPSA) is 129 Å². The highest BCUT2D eigenvalue weighted by Crippen LogP contribution is 2.09. The van der Waals surface area contributed by atoms with Crippen molar-refractivity contribution in [3.05, 3.63) is 18.1 Å². The number of carboxylic acids is 2. The number of carboxylic acid groups (broad SMARTS) is 2. The van der Waals surface area contributed by atoms with Crippen LogP contribution in [-0.4, -0.2) is 38.0 Å². The second-order valence-corrected chi connectivity index (χ2v) is 2.35. The Labute approximate surface area is 82.6 Å². The first kappa shape index (κ1) is 10.6. The summed E-state index contributed by atoms with van der Waals surface area (Å²) in [5.41, 5.74) is -0.382. The van der Waals surface area contributed by atoms with Gasteiger partial charge in [-0.05, 0) is 0 Å². The molecule has 1 heterocycles. The van der Waals surface area contributed by atoms with Gasteiger partial charge >= 0.3 is 17.8 Å². The zero-order valence-corrected chi connectivity index (χ0v) is 7.17. The normalized spacial score (nSPS) is 9.33. The van der Waals surface area contributed by atoms with Gasteiger partial charge in [0.25, 0.3) is 0 Å². The summed E-state index contributed by atoms with van der Waals surface area (Å²) in [5, 5.41) is 18.7. The standard InChI is InChI=1S/C7H5N3O5/c11-5(7(14)15)10-4-3(6(12)13)1-8-2-9-4/h1-2H,(H,12,13)(H,14,15)(H,8,9,10,11). The fraction of sp³-hybridized carbons (Fsp3) is 0. The Morgan fingerprint density at radius 2 is 1.93 bits per heavy atom. The number of nitrogens with one attached hydrogen (secondary N) is 1. The predicted molar refractivity (Wildman–Crippen MR) is 45.3 cm³/mol. The van der Waals surface area contributed by atoms with Crippen LogP contribution in [0, 0.1) is 0 Å². The molecule has 1 rings (SSSR count). The highest BCUT2D eigenvalue weighted by molar-refractivity contribution is 6.36. The minimum atomic E-state index is -1.73. The number of hydrogen-bond donors (Lipinski definition) is 3. The molecule has 0 atom stereocenters. The lowest BCUT2D eigenvalue weighted by atomic mass is 10.3. The highest BCUT2D eigenvalue weighted by atomic mass is 16.4. The van der Waals surface area contributed by atoms with Gasteiger partial charge in [0.15, 0.2) is 5.82 Å². The number of carbonyl (C=O) groups is 3. The molecule has 0 aliphatic rings. The van der Waals surface area contributed by atoms with E-state index in [2.05, 4.69) is 9.97 Å². The lowest BCUT2D eigenvalue weighted by Crippen LogP contribution is -2.24. The molecule has 0 aliphatic heterocycles. The van der Waals surface area contributed by atoms with Crippen molar-refractivity contribution in [3.8, 4) is 0 Å². The number of anilines is 1. The Balaban J connectivity index is 2.99. The van der Waals surface area contributed by atoms with Crippen LogP contribution in [0.15, 0.2) is 12.5 Å². The molecule has 0 bridgehead atoms. The molecule has 0 saturated carbocycles. The van der Waals surface area contributed by atoms with Crippen LogP contribution >= 0.6 is 0 Å². The summed E-state index contributed by atoms with van der Waals surface area (Å²) in [5.74, 6) is -4.82. The van der Waals surface area contributed by atoms with E-state index in [-0.39, 0.29) is 11.4 Å². The molecule has 1 aromatic rings. The minimum Gasteiger partial charge on any atom is -0.477 e. The number of rotatable bonds is 2. The van der Waals surface area contributed by atoms with Crippen LogP contribution in [0.3, 0.4) is 0 Å². The number of aromatic nitrogens is 2. The summed E-state index contributed by atoms with van der Waals surface area (Å²) < 4.78 is 0. The Bertz CT molecular complexity index is 430. The van der Waals surface area contributed by atoms with E-state index in [0.717, 1.165) is 12.5 Å². The van der Waals surface area contributed by atoms with Gasteiger partial charge < -0.3 is 10.2 Å². The van der Waals surface area contributed by atoms with E-state index in [1.807, 2.05) is 5.32 Å². The number of amides is 1. The Hall–Kier alpha value is -2.51. The van der Waals surface area contributed by atoms with Crippen LogP contribution in [-0.2, 0) is 9.59 Å². The fourth-order valence-corrected chi connectivity index (χ4v) is 0.747. The Morgan fingerprint density at radius 1 is 1.27 bits per heavy atom. The Morgan fingerprint density at radius 3 is 2.47 bits per heavy atom.